The smallest absolute Gasteiger partial charge is 0.326 e. The number of nitrogens with one attached hydrogen (secondary N) is 1. The van der Waals surface area contributed by atoms with Gasteiger partial charge in [-0.1, -0.05) is 20.8 Å². The summed E-state index contributed by atoms with van der Waals surface area (Å²) < 4.78 is 0. The molecule has 0 aromatic carbocycles. The maximum Gasteiger partial charge on any atom is 0.326 e. The molecule has 1 aliphatic carbocycles. The first-order valence-electron chi connectivity index (χ1n) is 6.90. The van der Waals surface area contributed by atoms with Crippen LogP contribution in [0.5, 0.6) is 0 Å². The Balaban J connectivity index is 2.15. The molecule has 0 spiro atoms. The van der Waals surface area contributed by atoms with E-state index in [0.717, 1.165) is 24.8 Å². The van der Waals surface area contributed by atoms with Gasteiger partial charge in [0.1, 0.15) is 6.04 Å². The second-order valence-electron chi connectivity index (χ2n) is 6.39. The standard InChI is InChI=1S/C15H21NO3S/c1-15(2,3)12(14(18)19)16-13(17)10-5-4-6-11-9(10)7-8-20-11/h7-8,10,12H,4-6H2,1-3H3,(H,16,17)(H,18,19). The zero-order valence-electron chi connectivity index (χ0n) is 12.1. The molecule has 0 fully saturated rings. The summed E-state index contributed by atoms with van der Waals surface area (Å²) in [5.41, 5.74) is 0.574. The van der Waals surface area contributed by atoms with Crippen molar-refractivity contribution in [3.8, 4) is 0 Å². The third-order valence-corrected chi connectivity index (χ3v) is 4.76. The Hall–Kier alpha value is -1.36. The van der Waals surface area contributed by atoms with Gasteiger partial charge in [-0.05, 0) is 41.7 Å². The maximum atomic E-state index is 12.5. The maximum absolute atomic E-state index is 12.5. The highest BCUT2D eigenvalue weighted by Gasteiger charge is 2.35. The number of carbonyl (C=O) groups excluding carboxylic acids is 1. The minimum absolute atomic E-state index is 0.160. The van der Waals surface area contributed by atoms with Crippen molar-refractivity contribution in [1.82, 2.24) is 5.32 Å². The minimum Gasteiger partial charge on any atom is -0.480 e. The fraction of sp³-hybridized carbons (Fsp3) is 0.600. The molecule has 2 unspecified atom stereocenters. The largest absolute Gasteiger partial charge is 0.480 e. The molecule has 0 aliphatic heterocycles. The molecule has 0 radical (unpaired) electrons. The van der Waals surface area contributed by atoms with Crippen LogP contribution in [0.3, 0.4) is 0 Å². The van der Waals surface area contributed by atoms with Crippen molar-refractivity contribution in [3.05, 3.63) is 21.9 Å². The van der Waals surface area contributed by atoms with Gasteiger partial charge in [0.05, 0.1) is 5.92 Å². The molecule has 4 nitrogen and oxygen atoms in total. The van der Waals surface area contributed by atoms with Crippen molar-refractivity contribution in [2.75, 3.05) is 0 Å². The number of fused-ring (bicyclic) bond motifs is 1. The number of carboxylic acid groups (broad SMARTS) is 1. The van der Waals surface area contributed by atoms with E-state index in [1.807, 2.05) is 32.2 Å². The van der Waals surface area contributed by atoms with Crippen molar-refractivity contribution >= 4 is 23.2 Å². The first-order chi connectivity index (χ1) is 9.30. The van der Waals surface area contributed by atoms with E-state index < -0.39 is 17.4 Å². The molecule has 1 aromatic heterocycles. The Kier molecular flexibility index (Phi) is 4.18. The molecule has 1 aliphatic rings. The molecule has 1 heterocycles. The zero-order chi connectivity index (χ0) is 14.9. The van der Waals surface area contributed by atoms with Crippen LogP contribution in [0.15, 0.2) is 11.4 Å². The van der Waals surface area contributed by atoms with E-state index in [0.29, 0.717) is 0 Å². The van der Waals surface area contributed by atoms with Gasteiger partial charge in [-0.3, -0.25) is 4.79 Å². The Bertz CT molecular complexity index is 515. The summed E-state index contributed by atoms with van der Waals surface area (Å²) in [5.74, 6) is -1.34. The Labute approximate surface area is 123 Å². The molecule has 0 saturated carbocycles. The van der Waals surface area contributed by atoms with Crippen LogP contribution >= 0.6 is 11.3 Å². The van der Waals surface area contributed by atoms with Crippen LogP contribution in [-0.2, 0) is 16.0 Å². The second-order valence-corrected chi connectivity index (χ2v) is 7.39. The van der Waals surface area contributed by atoms with Gasteiger partial charge in [-0.25, -0.2) is 4.79 Å². The number of carbonyl (C=O) groups is 2. The van der Waals surface area contributed by atoms with Crippen molar-refractivity contribution in [2.24, 2.45) is 5.41 Å². The van der Waals surface area contributed by atoms with Gasteiger partial charge in [0.25, 0.3) is 0 Å². The highest BCUT2D eigenvalue weighted by atomic mass is 32.1. The zero-order valence-corrected chi connectivity index (χ0v) is 12.9. The molecule has 2 rings (SSSR count). The van der Waals surface area contributed by atoms with Crippen LogP contribution in [0, 0.1) is 5.41 Å². The van der Waals surface area contributed by atoms with E-state index in [1.54, 1.807) is 11.3 Å². The number of amides is 1. The van der Waals surface area contributed by atoms with Crippen LogP contribution in [0.2, 0.25) is 0 Å². The number of rotatable bonds is 3. The van der Waals surface area contributed by atoms with Gasteiger partial charge in [0.15, 0.2) is 0 Å². The highest BCUT2D eigenvalue weighted by Crippen LogP contribution is 2.35. The van der Waals surface area contributed by atoms with E-state index in [1.165, 1.54) is 4.88 Å². The van der Waals surface area contributed by atoms with E-state index in [-0.39, 0.29) is 11.8 Å². The summed E-state index contributed by atoms with van der Waals surface area (Å²) >= 11 is 1.68. The van der Waals surface area contributed by atoms with Gasteiger partial charge in [0.2, 0.25) is 5.91 Å². The molecule has 5 heteroatoms. The number of hydrogen-bond donors (Lipinski definition) is 2. The van der Waals surface area contributed by atoms with Gasteiger partial charge in [0, 0.05) is 4.88 Å². The van der Waals surface area contributed by atoms with Gasteiger partial charge in [-0.15, -0.1) is 11.3 Å². The number of carboxylic acids is 1. The molecule has 20 heavy (non-hydrogen) atoms. The van der Waals surface area contributed by atoms with Gasteiger partial charge in [-0.2, -0.15) is 0 Å². The third kappa shape index (κ3) is 3.03. The predicted octanol–water partition coefficient (Wildman–Crippen LogP) is 2.78. The molecule has 1 amide bonds. The Morgan fingerprint density at radius 1 is 1.45 bits per heavy atom. The Morgan fingerprint density at radius 3 is 2.75 bits per heavy atom. The van der Waals surface area contributed by atoms with E-state index >= 15 is 0 Å². The summed E-state index contributed by atoms with van der Waals surface area (Å²) in [4.78, 5) is 25.1. The number of aliphatic carboxylic acids is 1. The monoisotopic (exact) mass is 295 g/mol. The van der Waals surface area contributed by atoms with Crippen LogP contribution < -0.4 is 5.32 Å². The number of aryl methyl sites for hydroxylation is 1. The fourth-order valence-corrected chi connectivity index (χ4v) is 3.64. The first-order valence-corrected chi connectivity index (χ1v) is 7.78. The lowest BCUT2D eigenvalue weighted by molar-refractivity contribution is -0.145. The van der Waals surface area contributed by atoms with Crippen molar-refractivity contribution in [3.63, 3.8) is 0 Å². The highest BCUT2D eigenvalue weighted by molar-refractivity contribution is 7.10. The summed E-state index contributed by atoms with van der Waals surface area (Å²) in [6, 6.07) is 1.13. The summed E-state index contributed by atoms with van der Waals surface area (Å²) in [6.07, 6.45) is 2.81. The van der Waals surface area contributed by atoms with Gasteiger partial charge >= 0.3 is 5.97 Å². The lowest BCUT2D eigenvalue weighted by Crippen LogP contribution is -2.50. The lowest BCUT2D eigenvalue weighted by atomic mass is 9.84. The molecule has 0 bridgehead atoms. The summed E-state index contributed by atoms with van der Waals surface area (Å²) in [7, 11) is 0. The molecule has 0 saturated heterocycles. The second kappa shape index (κ2) is 5.56. The van der Waals surface area contributed by atoms with Crippen LogP contribution in [0.1, 0.15) is 50.0 Å². The lowest BCUT2D eigenvalue weighted by Gasteiger charge is -2.30. The van der Waals surface area contributed by atoms with Crippen molar-refractivity contribution in [1.29, 1.82) is 0 Å². The quantitative estimate of drug-likeness (QED) is 0.901. The van der Waals surface area contributed by atoms with Crippen LogP contribution in [0.25, 0.3) is 0 Å². The molecule has 2 atom stereocenters. The summed E-state index contributed by atoms with van der Waals surface area (Å²) in [5, 5.41) is 14.0. The minimum atomic E-state index is -0.979. The Morgan fingerprint density at radius 2 is 2.15 bits per heavy atom. The van der Waals surface area contributed by atoms with Gasteiger partial charge < -0.3 is 10.4 Å². The average molecular weight is 295 g/mol. The summed E-state index contributed by atoms with van der Waals surface area (Å²) in [6.45, 7) is 5.47. The molecular weight excluding hydrogens is 274 g/mol. The molecular formula is C15H21NO3S. The van der Waals surface area contributed by atoms with Crippen LogP contribution in [0.4, 0.5) is 0 Å². The SMILES string of the molecule is CC(C)(C)C(NC(=O)C1CCCc2sccc21)C(=O)O. The van der Waals surface area contributed by atoms with E-state index in [2.05, 4.69) is 5.32 Å². The number of thiophene rings is 1. The third-order valence-electron chi connectivity index (χ3n) is 3.77. The van der Waals surface area contributed by atoms with E-state index in [4.69, 9.17) is 0 Å². The van der Waals surface area contributed by atoms with E-state index in [9.17, 15) is 14.7 Å². The van der Waals surface area contributed by atoms with Crippen LogP contribution in [-0.4, -0.2) is 23.0 Å². The molecule has 1 aromatic rings. The van der Waals surface area contributed by atoms with Crippen molar-refractivity contribution in [2.45, 2.75) is 52.0 Å². The predicted molar refractivity (Wildman–Crippen MR) is 79.0 cm³/mol. The normalized spacial score (nSPS) is 20.1. The van der Waals surface area contributed by atoms with Crippen molar-refractivity contribution < 1.29 is 14.7 Å². The molecule has 110 valence electrons. The topological polar surface area (TPSA) is 66.4 Å². The molecule has 2 N–H and O–H groups in total. The fourth-order valence-electron chi connectivity index (χ4n) is 2.65. The number of hydrogen-bond acceptors (Lipinski definition) is 3. The average Bonchev–Trinajstić information content (AvgIpc) is 2.81. The first kappa shape index (κ1) is 15.0.